The zero-order valence-electron chi connectivity index (χ0n) is 18.5. The summed E-state index contributed by atoms with van der Waals surface area (Å²) in [5, 5.41) is 0.889. The molecule has 6 nitrogen and oxygen atoms in total. The zero-order chi connectivity index (χ0) is 21.8. The lowest BCUT2D eigenvalue weighted by molar-refractivity contribution is 0.0626. The molecule has 0 aliphatic carbocycles. The number of piperazine rings is 1. The minimum atomic E-state index is 0.157. The number of nitrogens with zero attached hydrogens (tertiary/aromatic N) is 4. The predicted molar refractivity (Wildman–Crippen MR) is 130 cm³/mol. The predicted octanol–water partition coefficient (Wildman–Crippen LogP) is 3.71. The van der Waals surface area contributed by atoms with Gasteiger partial charge in [-0.2, -0.15) is 0 Å². The number of amides is 1. The van der Waals surface area contributed by atoms with Crippen LogP contribution in [0.2, 0.25) is 0 Å². The number of thioether (sulfide) groups is 1. The lowest BCUT2D eigenvalue weighted by Gasteiger charge is -2.35. The monoisotopic (exact) mass is 449 g/mol. The molecule has 3 heterocycles. The molecular weight excluding hydrogens is 418 g/mol. The average Bonchev–Trinajstić information content (AvgIpc) is 3.51. The van der Waals surface area contributed by atoms with Gasteiger partial charge in [-0.15, -0.1) is 0 Å². The van der Waals surface area contributed by atoms with Crippen LogP contribution in [0.4, 0.5) is 0 Å². The van der Waals surface area contributed by atoms with Gasteiger partial charge < -0.3 is 14.8 Å². The molecule has 2 aliphatic heterocycles. The van der Waals surface area contributed by atoms with Gasteiger partial charge in [-0.05, 0) is 49.7 Å². The molecule has 32 heavy (non-hydrogen) atoms. The second-order valence-electron chi connectivity index (χ2n) is 8.69. The third-order valence-corrected chi connectivity index (χ3v) is 7.49. The van der Waals surface area contributed by atoms with Crippen LogP contribution in [0.5, 0.6) is 0 Å². The smallest absolute Gasteiger partial charge is 0.254 e. The molecule has 0 bridgehead atoms. The summed E-state index contributed by atoms with van der Waals surface area (Å²) in [5.41, 5.74) is 3.91. The number of hydrogen-bond donors (Lipinski definition) is 1. The van der Waals surface area contributed by atoms with E-state index >= 15 is 0 Å². The fourth-order valence-corrected chi connectivity index (χ4v) is 5.52. The first kappa shape index (κ1) is 21.5. The third-order valence-electron chi connectivity index (χ3n) is 6.57. The van der Waals surface area contributed by atoms with Crippen LogP contribution >= 0.6 is 11.8 Å². The number of benzene rings is 2. The van der Waals surface area contributed by atoms with E-state index in [1.165, 1.54) is 25.9 Å². The number of nitrogens with one attached hydrogen (secondary N) is 1. The van der Waals surface area contributed by atoms with Crippen LogP contribution in [0.3, 0.4) is 0 Å². The second kappa shape index (κ2) is 10.1. The van der Waals surface area contributed by atoms with Crippen LogP contribution in [0.1, 0.15) is 28.8 Å². The minimum Gasteiger partial charge on any atom is -0.336 e. The number of para-hydroxylation sites is 2. The molecule has 5 rings (SSSR count). The second-order valence-corrected chi connectivity index (χ2v) is 9.65. The Balaban J connectivity index is 1.17. The van der Waals surface area contributed by atoms with Gasteiger partial charge in [0.15, 0.2) is 5.16 Å². The van der Waals surface area contributed by atoms with Gasteiger partial charge in [0.1, 0.15) is 0 Å². The van der Waals surface area contributed by atoms with Crippen LogP contribution in [0.15, 0.2) is 53.7 Å². The standard InChI is InChI=1S/C25H31N5OS/c31-24(30-17-15-29(16-18-30)14-13-28-11-5-6-12-28)21-8-2-1-7-20(21)19-32-25-26-22-9-3-4-10-23(22)27-25/h1-4,7-10H,5-6,11-19H2,(H,26,27). The first-order valence-electron chi connectivity index (χ1n) is 11.7. The number of aromatic nitrogens is 2. The Kier molecular flexibility index (Phi) is 6.76. The molecule has 0 saturated carbocycles. The van der Waals surface area contributed by atoms with Crippen molar-refractivity contribution in [1.82, 2.24) is 24.7 Å². The molecule has 1 aromatic heterocycles. The highest BCUT2D eigenvalue weighted by Crippen LogP contribution is 2.25. The van der Waals surface area contributed by atoms with Crippen molar-refractivity contribution < 1.29 is 4.79 Å². The number of H-pyrrole nitrogens is 1. The maximum absolute atomic E-state index is 13.3. The Morgan fingerprint density at radius 2 is 1.56 bits per heavy atom. The maximum Gasteiger partial charge on any atom is 0.254 e. The Hall–Kier alpha value is -2.35. The zero-order valence-corrected chi connectivity index (χ0v) is 19.3. The van der Waals surface area contributed by atoms with Gasteiger partial charge in [-0.1, -0.05) is 42.1 Å². The van der Waals surface area contributed by atoms with E-state index in [9.17, 15) is 4.79 Å². The van der Waals surface area contributed by atoms with Gasteiger partial charge in [0.05, 0.1) is 11.0 Å². The summed E-state index contributed by atoms with van der Waals surface area (Å²) in [5.74, 6) is 0.877. The van der Waals surface area contributed by atoms with E-state index in [1.54, 1.807) is 11.8 Å². The number of hydrogen-bond acceptors (Lipinski definition) is 5. The molecule has 2 aliphatic rings. The van der Waals surface area contributed by atoms with Gasteiger partial charge in [-0.3, -0.25) is 9.69 Å². The fraction of sp³-hybridized carbons (Fsp3) is 0.440. The van der Waals surface area contributed by atoms with Crippen molar-refractivity contribution in [2.45, 2.75) is 23.8 Å². The number of carbonyl (C=O) groups excluding carboxylic acids is 1. The van der Waals surface area contributed by atoms with Crippen molar-refractivity contribution in [2.75, 3.05) is 52.4 Å². The molecule has 2 aromatic carbocycles. The third kappa shape index (κ3) is 5.00. The van der Waals surface area contributed by atoms with E-state index < -0.39 is 0 Å². The molecule has 3 aromatic rings. The van der Waals surface area contributed by atoms with E-state index in [0.717, 1.165) is 72.3 Å². The van der Waals surface area contributed by atoms with Crippen molar-refractivity contribution in [1.29, 1.82) is 0 Å². The molecule has 0 atom stereocenters. The highest BCUT2D eigenvalue weighted by Gasteiger charge is 2.24. The van der Waals surface area contributed by atoms with E-state index in [4.69, 9.17) is 0 Å². The van der Waals surface area contributed by atoms with Crippen molar-refractivity contribution >= 4 is 28.7 Å². The van der Waals surface area contributed by atoms with Crippen molar-refractivity contribution in [3.8, 4) is 0 Å². The number of rotatable bonds is 7. The topological polar surface area (TPSA) is 55.5 Å². The van der Waals surface area contributed by atoms with Gasteiger partial charge >= 0.3 is 0 Å². The van der Waals surface area contributed by atoms with Crippen molar-refractivity contribution in [3.63, 3.8) is 0 Å². The van der Waals surface area contributed by atoms with Crippen molar-refractivity contribution in [3.05, 3.63) is 59.7 Å². The van der Waals surface area contributed by atoms with Gasteiger partial charge in [0.2, 0.25) is 0 Å². The Morgan fingerprint density at radius 3 is 2.34 bits per heavy atom. The van der Waals surface area contributed by atoms with Gasteiger partial charge in [0.25, 0.3) is 5.91 Å². The number of aromatic amines is 1. The molecule has 2 saturated heterocycles. The molecule has 0 unspecified atom stereocenters. The van der Waals surface area contributed by atoms with Crippen LogP contribution < -0.4 is 0 Å². The van der Waals surface area contributed by atoms with E-state index in [0.29, 0.717) is 0 Å². The molecule has 0 spiro atoms. The number of likely N-dealkylation sites (tertiary alicyclic amines) is 1. The fourth-order valence-electron chi connectivity index (χ4n) is 4.63. The number of carbonyl (C=O) groups is 1. The number of imidazole rings is 1. The largest absolute Gasteiger partial charge is 0.336 e. The summed E-state index contributed by atoms with van der Waals surface area (Å²) in [7, 11) is 0. The summed E-state index contributed by atoms with van der Waals surface area (Å²) in [4.78, 5) is 28.4. The first-order valence-corrected chi connectivity index (χ1v) is 12.6. The quantitative estimate of drug-likeness (QED) is 0.558. The Labute approximate surface area is 194 Å². The Bertz CT molecular complexity index is 1020. The van der Waals surface area contributed by atoms with Crippen molar-refractivity contribution in [2.24, 2.45) is 0 Å². The van der Waals surface area contributed by atoms with Crippen LogP contribution in [-0.2, 0) is 5.75 Å². The van der Waals surface area contributed by atoms with Crippen LogP contribution in [-0.4, -0.2) is 82.9 Å². The lowest BCUT2D eigenvalue weighted by atomic mass is 10.1. The molecule has 0 radical (unpaired) electrons. The molecule has 2 fully saturated rings. The summed E-state index contributed by atoms with van der Waals surface area (Å²) in [6.45, 7) is 8.34. The number of fused-ring (bicyclic) bond motifs is 1. The van der Waals surface area contributed by atoms with E-state index in [2.05, 4.69) is 25.8 Å². The van der Waals surface area contributed by atoms with Crippen LogP contribution in [0.25, 0.3) is 11.0 Å². The van der Waals surface area contributed by atoms with Gasteiger partial charge in [-0.25, -0.2) is 4.98 Å². The summed E-state index contributed by atoms with van der Waals surface area (Å²) >= 11 is 1.65. The van der Waals surface area contributed by atoms with Gasteiger partial charge in [0, 0.05) is 50.6 Å². The summed E-state index contributed by atoms with van der Waals surface area (Å²) in [6.07, 6.45) is 2.69. The first-order chi connectivity index (χ1) is 15.8. The van der Waals surface area contributed by atoms with Crippen LogP contribution in [0, 0.1) is 0 Å². The molecule has 7 heteroatoms. The molecule has 1 N–H and O–H groups in total. The lowest BCUT2D eigenvalue weighted by Crippen LogP contribution is -2.50. The minimum absolute atomic E-state index is 0.157. The summed E-state index contributed by atoms with van der Waals surface area (Å²) in [6, 6.07) is 16.1. The highest BCUT2D eigenvalue weighted by molar-refractivity contribution is 7.98. The SMILES string of the molecule is O=C(c1ccccc1CSc1nc2ccccc2[nH]1)N1CCN(CCN2CCCC2)CC1. The Morgan fingerprint density at radius 1 is 0.875 bits per heavy atom. The molecular formula is C25H31N5OS. The average molecular weight is 450 g/mol. The van der Waals surface area contributed by atoms with E-state index in [-0.39, 0.29) is 5.91 Å². The molecule has 1 amide bonds. The normalized spacial score (nSPS) is 17.9. The van der Waals surface area contributed by atoms with E-state index in [1.807, 2.05) is 47.4 Å². The highest BCUT2D eigenvalue weighted by atomic mass is 32.2. The maximum atomic E-state index is 13.3. The molecule has 168 valence electrons. The summed E-state index contributed by atoms with van der Waals surface area (Å²) < 4.78 is 0.